The molecule has 4 heteroatoms. The molecule has 1 aliphatic rings. The molecule has 0 saturated heterocycles. The Morgan fingerprint density at radius 2 is 1.95 bits per heavy atom. The van der Waals surface area contributed by atoms with Crippen molar-refractivity contribution in [3.05, 3.63) is 0 Å². The van der Waals surface area contributed by atoms with Crippen LogP contribution in [0.5, 0.6) is 0 Å². The minimum atomic E-state index is -0.835. The normalized spacial score (nSPS) is 22.0. The van der Waals surface area contributed by atoms with Gasteiger partial charge in [0.25, 0.3) is 0 Å². The average molecular weight is 270 g/mol. The van der Waals surface area contributed by atoms with E-state index in [-0.39, 0.29) is 11.4 Å². The highest BCUT2D eigenvalue weighted by Gasteiger charge is 2.30. The number of nitrogens with two attached hydrogens (primary N) is 1. The van der Waals surface area contributed by atoms with Crippen molar-refractivity contribution in [2.24, 2.45) is 11.7 Å². The van der Waals surface area contributed by atoms with Crippen molar-refractivity contribution in [2.45, 2.75) is 76.9 Å². The van der Waals surface area contributed by atoms with Crippen LogP contribution in [0.15, 0.2) is 0 Å². The smallest absolute Gasteiger partial charge is 0.221 e. The quantitative estimate of drug-likeness (QED) is 0.690. The zero-order chi connectivity index (χ0) is 14.5. The maximum atomic E-state index is 11.9. The molecule has 0 aliphatic heterocycles. The van der Waals surface area contributed by atoms with Crippen LogP contribution in [-0.2, 0) is 4.79 Å². The fourth-order valence-electron chi connectivity index (χ4n) is 3.06. The van der Waals surface area contributed by atoms with Gasteiger partial charge in [0, 0.05) is 18.5 Å². The van der Waals surface area contributed by atoms with E-state index in [1.54, 1.807) is 6.92 Å². The number of carbonyl (C=O) groups is 1. The highest BCUT2D eigenvalue weighted by atomic mass is 16.3. The molecule has 112 valence electrons. The molecule has 4 N–H and O–H groups in total. The van der Waals surface area contributed by atoms with E-state index in [0.29, 0.717) is 25.3 Å². The summed E-state index contributed by atoms with van der Waals surface area (Å²) in [4.78, 5) is 11.9. The van der Waals surface area contributed by atoms with Crippen LogP contribution >= 0.6 is 0 Å². The lowest BCUT2D eigenvalue weighted by Crippen LogP contribution is -2.48. The van der Waals surface area contributed by atoms with Crippen LogP contribution in [0.1, 0.15) is 65.7 Å². The topological polar surface area (TPSA) is 75.3 Å². The van der Waals surface area contributed by atoms with E-state index < -0.39 is 5.60 Å². The lowest BCUT2D eigenvalue weighted by atomic mass is 9.80. The summed E-state index contributed by atoms with van der Waals surface area (Å²) >= 11 is 0. The molecule has 19 heavy (non-hydrogen) atoms. The summed E-state index contributed by atoms with van der Waals surface area (Å²) < 4.78 is 0. The largest absolute Gasteiger partial charge is 0.388 e. The lowest BCUT2D eigenvalue weighted by Gasteiger charge is -2.33. The molecular weight excluding hydrogens is 240 g/mol. The molecule has 0 aromatic carbocycles. The highest BCUT2D eigenvalue weighted by Crippen LogP contribution is 2.28. The summed E-state index contributed by atoms with van der Waals surface area (Å²) in [6.07, 6.45) is 6.39. The fraction of sp³-hybridized carbons (Fsp3) is 0.933. The van der Waals surface area contributed by atoms with Gasteiger partial charge in [0.05, 0.1) is 5.60 Å². The van der Waals surface area contributed by atoms with E-state index in [2.05, 4.69) is 19.2 Å². The van der Waals surface area contributed by atoms with E-state index >= 15 is 0 Å². The van der Waals surface area contributed by atoms with Crippen LogP contribution in [0.3, 0.4) is 0 Å². The molecule has 1 unspecified atom stereocenters. The molecule has 1 atom stereocenters. The minimum Gasteiger partial charge on any atom is -0.388 e. The minimum absolute atomic E-state index is 0.0339. The number of hydrogen-bond acceptors (Lipinski definition) is 3. The maximum Gasteiger partial charge on any atom is 0.221 e. The molecule has 0 aromatic heterocycles. The van der Waals surface area contributed by atoms with E-state index in [9.17, 15) is 9.90 Å². The van der Waals surface area contributed by atoms with Crippen molar-refractivity contribution in [1.82, 2.24) is 5.32 Å². The van der Waals surface area contributed by atoms with Gasteiger partial charge in [-0.15, -0.1) is 0 Å². The van der Waals surface area contributed by atoms with Gasteiger partial charge in [-0.3, -0.25) is 4.79 Å². The molecule has 0 aromatic rings. The predicted molar refractivity (Wildman–Crippen MR) is 77.7 cm³/mol. The second-order valence-corrected chi connectivity index (χ2v) is 6.97. The Hall–Kier alpha value is -0.610. The zero-order valence-corrected chi connectivity index (χ0v) is 12.7. The third kappa shape index (κ3) is 6.39. The first kappa shape index (κ1) is 16.4. The number of hydrogen-bond donors (Lipinski definition) is 3. The van der Waals surface area contributed by atoms with Crippen LogP contribution in [-0.4, -0.2) is 28.7 Å². The molecule has 1 aliphatic carbocycles. The fourth-order valence-corrected chi connectivity index (χ4v) is 3.06. The predicted octanol–water partition coefficient (Wildman–Crippen LogP) is 1.95. The Morgan fingerprint density at radius 3 is 2.47 bits per heavy atom. The van der Waals surface area contributed by atoms with E-state index in [1.165, 1.54) is 6.42 Å². The van der Waals surface area contributed by atoms with Crippen LogP contribution in [0.4, 0.5) is 0 Å². The second kappa shape index (κ2) is 6.71. The second-order valence-electron chi connectivity index (χ2n) is 6.97. The van der Waals surface area contributed by atoms with Gasteiger partial charge >= 0.3 is 0 Å². The third-order valence-electron chi connectivity index (χ3n) is 3.88. The molecule has 1 amide bonds. The molecule has 0 radical (unpaired) electrons. The summed E-state index contributed by atoms with van der Waals surface area (Å²) in [6.45, 7) is 6.20. The standard InChI is InChI=1S/C15H30N2O2/c1-12(2)9-14(3,19)11-17-13(18)10-15(16)7-5-4-6-8-15/h12,19H,4-11,16H2,1-3H3,(H,17,18). The Kier molecular flexibility index (Phi) is 5.81. The molecule has 1 fully saturated rings. The Morgan fingerprint density at radius 1 is 1.37 bits per heavy atom. The molecule has 1 rings (SSSR count). The first-order valence-electron chi connectivity index (χ1n) is 7.50. The van der Waals surface area contributed by atoms with E-state index in [4.69, 9.17) is 5.73 Å². The van der Waals surface area contributed by atoms with E-state index in [1.807, 2.05) is 0 Å². The van der Waals surface area contributed by atoms with Crippen molar-refractivity contribution in [3.8, 4) is 0 Å². The summed E-state index contributed by atoms with van der Waals surface area (Å²) in [7, 11) is 0. The van der Waals surface area contributed by atoms with Crippen LogP contribution in [0.25, 0.3) is 0 Å². The number of rotatable bonds is 6. The molecule has 0 spiro atoms. The highest BCUT2D eigenvalue weighted by molar-refractivity contribution is 5.77. The van der Waals surface area contributed by atoms with Gasteiger partial charge in [-0.05, 0) is 32.1 Å². The van der Waals surface area contributed by atoms with Gasteiger partial charge in [0.2, 0.25) is 5.91 Å². The molecule has 0 heterocycles. The van der Waals surface area contributed by atoms with Crippen molar-refractivity contribution >= 4 is 5.91 Å². The monoisotopic (exact) mass is 270 g/mol. The van der Waals surface area contributed by atoms with Crippen LogP contribution in [0.2, 0.25) is 0 Å². The number of nitrogens with one attached hydrogen (secondary N) is 1. The van der Waals surface area contributed by atoms with Gasteiger partial charge in [0.15, 0.2) is 0 Å². The number of aliphatic hydroxyl groups is 1. The number of amides is 1. The van der Waals surface area contributed by atoms with Gasteiger partial charge in [-0.25, -0.2) is 0 Å². The Bertz CT molecular complexity index is 295. The van der Waals surface area contributed by atoms with Gasteiger partial charge in [0.1, 0.15) is 0 Å². The first-order chi connectivity index (χ1) is 8.72. The third-order valence-corrected chi connectivity index (χ3v) is 3.88. The van der Waals surface area contributed by atoms with Gasteiger partial charge in [-0.2, -0.15) is 0 Å². The van der Waals surface area contributed by atoms with Crippen LogP contribution < -0.4 is 11.1 Å². The van der Waals surface area contributed by atoms with Crippen molar-refractivity contribution in [2.75, 3.05) is 6.54 Å². The molecule has 0 bridgehead atoms. The van der Waals surface area contributed by atoms with E-state index in [0.717, 1.165) is 25.7 Å². The summed E-state index contributed by atoms with van der Waals surface area (Å²) in [5.74, 6) is 0.375. The van der Waals surface area contributed by atoms with Crippen molar-refractivity contribution < 1.29 is 9.90 Å². The summed E-state index contributed by atoms with van der Waals surface area (Å²) in [5.41, 5.74) is 5.09. The summed E-state index contributed by atoms with van der Waals surface area (Å²) in [5, 5.41) is 13.0. The number of carbonyl (C=O) groups excluding carboxylic acids is 1. The zero-order valence-electron chi connectivity index (χ0n) is 12.7. The van der Waals surface area contributed by atoms with Gasteiger partial charge < -0.3 is 16.2 Å². The molecular formula is C15H30N2O2. The van der Waals surface area contributed by atoms with Gasteiger partial charge in [-0.1, -0.05) is 33.1 Å². The average Bonchev–Trinajstić information content (AvgIpc) is 2.25. The van der Waals surface area contributed by atoms with Crippen molar-refractivity contribution in [1.29, 1.82) is 0 Å². The van der Waals surface area contributed by atoms with Crippen molar-refractivity contribution in [3.63, 3.8) is 0 Å². The molecule has 4 nitrogen and oxygen atoms in total. The molecule has 1 saturated carbocycles. The lowest BCUT2D eigenvalue weighted by molar-refractivity contribution is -0.123. The SMILES string of the molecule is CC(C)CC(C)(O)CNC(=O)CC1(N)CCCCC1. The van der Waals surface area contributed by atoms with Crippen LogP contribution in [0, 0.1) is 5.92 Å². The summed E-state index contributed by atoms with van der Waals surface area (Å²) in [6, 6.07) is 0. The maximum absolute atomic E-state index is 11.9. The Labute approximate surface area is 117 Å². The Balaban J connectivity index is 2.34. The first-order valence-corrected chi connectivity index (χ1v) is 7.50.